The second-order valence-corrected chi connectivity index (χ2v) is 9.81. The van der Waals surface area contributed by atoms with Gasteiger partial charge in [0, 0.05) is 4.88 Å². The van der Waals surface area contributed by atoms with Gasteiger partial charge in [-0.05, 0) is 55.0 Å². The standard InChI is InChI=1S/C27H24N2O6S/c1-15-11-12-18-21(13-15)36-25(23(18)27(32)33-2)29-22(30)14-34-26(31)17-8-4-3-7-16(17)24-28-19-9-5-6-10-20(19)35-24/h3-10,15H,11-14H2,1-2H3,(H,29,30). The average Bonchev–Trinajstić information content (AvgIpc) is 3.47. The number of benzene rings is 2. The number of aromatic nitrogens is 1. The van der Waals surface area contributed by atoms with Crippen LogP contribution in [0.1, 0.15) is 44.5 Å². The lowest BCUT2D eigenvalue weighted by molar-refractivity contribution is -0.119. The molecule has 0 saturated carbocycles. The summed E-state index contributed by atoms with van der Waals surface area (Å²) in [6.45, 7) is 1.65. The van der Waals surface area contributed by atoms with Crippen molar-refractivity contribution in [3.05, 3.63) is 70.1 Å². The SMILES string of the molecule is COC(=O)c1c(NC(=O)COC(=O)c2ccccc2-c2nc3ccccc3o2)sc2c1CCC(C)C2. The average molecular weight is 505 g/mol. The van der Waals surface area contributed by atoms with Gasteiger partial charge in [-0.25, -0.2) is 14.6 Å². The fourth-order valence-electron chi connectivity index (χ4n) is 4.36. The first-order valence-corrected chi connectivity index (χ1v) is 12.4. The Labute approximate surface area is 211 Å². The Hall–Kier alpha value is -3.98. The number of carbonyl (C=O) groups is 3. The topological polar surface area (TPSA) is 108 Å². The Bertz CT molecular complexity index is 1440. The third-order valence-electron chi connectivity index (χ3n) is 6.16. The van der Waals surface area contributed by atoms with Gasteiger partial charge in [0.2, 0.25) is 5.89 Å². The highest BCUT2D eigenvalue weighted by Crippen LogP contribution is 2.40. The van der Waals surface area contributed by atoms with E-state index in [0.29, 0.717) is 33.1 Å². The molecule has 0 fully saturated rings. The zero-order valence-corrected chi connectivity index (χ0v) is 20.6. The van der Waals surface area contributed by atoms with E-state index in [9.17, 15) is 14.4 Å². The quantitative estimate of drug-likeness (QED) is 0.357. The first-order chi connectivity index (χ1) is 17.4. The Morgan fingerprint density at radius 3 is 2.69 bits per heavy atom. The zero-order valence-electron chi connectivity index (χ0n) is 19.8. The van der Waals surface area contributed by atoms with Gasteiger partial charge < -0.3 is 19.2 Å². The van der Waals surface area contributed by atoms with Gasteiger partial charge in [-0.1, -0.05) is 31.2 Å². The van der Waals surface area contributed by atoms with E-state index in [-0.39, 0.29) is 11.5 Å². The number of carbonyl (C=O) groups excluding carboxylic acids is 3. The molecule has 2 heterocycles. The van der Waals surface area contributed by atoms with Crippen LogP contribution in [0.2, 0.25) is 0 Å². The van der Waals surface area contributed by atoms with Crippen LogP contribution in [-0.2, 0) is 27.1 Å². The Morgan fingerprint density at radius 2 is 1.89 bits per heavy atom. The third-order valence-corrected chi connectivity index (χ3v) is 7.33. The van der Waals surface area contributed by atoms with Crippen molar-refractivity contribution in [1.29, 1.82) is 0 Å². The number of hydrogen-bond acceptors (Lipinski definition) is 8. The van der Waals surface area contributed by atoms with Crippen LogP contribution in [0.4, 0.5) is 5.00 Å². The Balaban J connectivity index is 1.31. The summed E-state index contributed by atoms with van der Waals surface area (Å²) in [5.41, 5.74) is 3.30. The van der Waals surface area contributed by atoms with E-state index in [0.717, 1.165) is 29.7 Å². The van der Waals surface area contributed by atoms with Crippen LogP contribution in [0, 0.1) is 5.92 Å². The molecule has 1 atom stereocenters. The van der Waals surface area contributed by atoms with Crippen molar-refractivity contribution in [3.63, 3.8) is 0 Å². The molecule has 8 nitrogen and oxygen atoms in total. The molecule has 5 rings (SSSR count). The molecule has 0 bridgehead atoms. The largest absolute Gasteiger partial charge is 0.465 e. The van der Waals surface area contributed by atoms with Crippen molar-refractivity contribution >= 4 is 45.3 Å². The van der Waals surface area contributed by atoms with Crippen LogP contribution < -0.4 is 5.32 Å². The highest BCUT2D eigenvalue weighted by molar-refractivity contribution is 7.17. The minimum Gasteiger partial charge on any atom is -0.465 e. The normalized spacial score (nSPS) is 14.8. The number of methoxy groups -OCH3 is 1. The molecule has 184 valence electrons. The summed E-state index contributed by atoms with van der Waals surface area (Å²) in [6.07, 6.45) is 2.58. The van der Waals surface area contributed by atoms with Crippen LogP contribution in [0.15, 0.2) is 52.9 Å². The van der Waals surface area contributed by atoms with Gasteiger partial charge in [0.15, 0.2) is 12.2 Å². The molecule has 1 amide bonds. The highest BCUT2D eigenvalue weighted by atomic mass is 32.1. The van der Waals surface area contributed by atoms with E-state index in [1.54, 1.807) is 30.3 Å². The lowest BCUT2D eigenvalue weighted by Gasteiger charge is -2.18. The van der Waals surface area contributed by atoms with Crippen molar-refractivity contribution in [1.82, 2.24) is 4.98 Å². The summed E-state index contributed by atoms with van der Waals surface area (Å²) in [5, 5.41) is 3.16. The lowest BCUT2D eigenvalue weighted by atomic mass is 9.88. The first-order valence-electron chi connectivity index (χ1n) is 11.6. The summed E-state index contributed by atoms with van der Waals surface area (Å²) in [6, 6.07) is 14.1. The van der Waals surface area contributed by atoms with Crippen molar-refractivity contribution in [2.75, 3.05) is 19.0 Å². The number of fused-ring (bicyclic) bond motifs is 2. The number of nitrogens with zero attached hydrogens (tertiary/aromatic N) is 1. The summed E-state index contributed by atoms with van der Waals surface area (Å²) in [5.74, 6) is -0.918. The number of thiophene rings is 1. The molecule has 2 aromatic heterocycles. The van der Waals surface area contributed by atoms with Gasteiger partial charge in [0.25, 0.3) is 5.91 Å². The summed E-state index contributed by atoms with van der Waals surface area (Å²) in [4.78, 5) is 43.6. The van der Waals surface area contributed by atoms with Crippen molar-refractivity contribution in [2.45, 2.75) is 26.2 Å². The molecule has 4 aromatic rings. The summed E-state index contributed by atoms with van der Waals surface area (Å²) < 4.78 is 16.1. The number of oxazole rings is 1. The minimum atomic E-state index is -0.685. The molecule has 0 aliphatic heterocycles. The maximum Gasteiger partial charge on any atom is 0.341 e. The van der Waals surface area contributed by atoms with Crippen LogP contribution in [-0.4, -0.2) is 36.5 Å². The second kappa shape index (κ2) is 9.94. The molecular weight excluding hydrogens is 480 g/mol. The number of nitrogens with one attached hydrogen (secondary N) is 1. The predicted molar refractivity (Wildman–Crippen MR) is 135 cm³/mol. The molecular formula is C27H24N2O6S. The molecule has 1 aliphatic rings. The smallest absolute Gasteiger partial charge is 0.341 e. The van der Waals surface area contributed by atoms with Crippen molar-refractivity contribution in [2.24, 2.45) is 5.92 Å². The number of ether oxygens (including phenoxy) is 2. The number of anilines is 1. The maximum absolute atomic E-state index is 12.9. The fraction of sp³-hybridized carbons (Fsp3) is 0.259. The first kappa shape index (κ1) is 23.7. The van der Waals surface area contributed by atoms with Gasteiger partial charge in [0.1, 0.15) is 10.5 Å². The van der Waals surface area contributed by atoms with Gasteiger partial charge >= 0.3 is 11.9 Å². The van der Waals surface area contributed by atoms with Gasteiger partial charge in [-0.2, -0.15) is 0 Å². The highest BCUT2D eigenvalue weighted by Gasteiger charge is 2.29. The van der Waals surface area contributed by atoms with E-state index in [1.165, 1.54) is 18.4 Å². The number of hydrogen-bond donors (Lipinski definition) is 1. The van der Waals surface area contributed by atoms with E-state index in [4.69, 9.17) is 13.9 Å². The van der Waals surface area contributed by atoms with E-state index in [2.05, 4.69) is 17.2 Å². The molecule has 1 N–H and O–H groups in total. The molecule has 1 aliphatic carbocycles. The van der Waals surface area contributed by atoms with Gasteiger partial charge in [-0.3, -0.25) is 4.79 Å². The monoisotopic (exact) mass is 504 g/mol. The molecule has 36 heavy (non-hydrogen) atoms. The van der Waals surface area contributed by atoms with E-state index in [1.807, 2.05) is 18.2 Å². The van der Waals surface area contributed by atoms with E-state index >= 15 is 0 Å². The molecule has 9 heteroatoms. The molecule has 1 unspecified atom stereocenters. The van der Waals surface area contributed by atoms with Crippen LogP contribution >= 0.6 is 11.3 Å². The fourth-order valence-corrected chi connectivity index (χ4v) is 5.78. The number of amides is 1. The summed E-state index contributed by atoms with van der Waals surface area (Å²) >= 11 is 1.38. The third kappa shape index (κ3) is 4.61. The lowest BCUT2D eigenvalue weighted by Crippen LogP contribution is -2.22. The number of para-hydroxylation sites is 2. The van der Waals surface area contributed by atoms with Crippen LogP contribution in [0.5, 0.6) is 0 Å². The molecule has 0 spiro atoms. The Morgan fingerprint density at radius 1 is 1.11 bits per heavy atom. The molecule has 0 radical (unpaired) electrons. The Kier molecular flexibility index (Phi) is 6.56. The van der Waals surface area contributed by atoms with Crippen LogP contribution in [0.25, 0.3) is 22.6 Å². The van der Waals surface area contributed by atoms with Gasteiger partial charge in [0.05, 0.1) is 23.8 Å². The van der Waals surface area contributed by atoms with Crippen LogP contribution in [0.3, 0.4) is 0 Å². The minimum absolute atomic E-state index is 0.229. The van der Waals surface area contributed by atoms with Crippen molar-refractivity contribution in [3.8, 4) is 11.5 Å². The second-order valence-electron chi connectivity index (χ2n) is 8.70. The number of esters is 2. The number of rotatable bonds is 6. The summed E-state index contributed by atoms with van der Waals surface area (Å²) in [7, 11) is 1.32. The molecule has 2 aromatic carbocycles. The maximum atomic E-state index is 12.9. The van der Waals surface area contributed by atoms with Gasteiger partial charge in [-0.15, -0.1) is 11.3 Å². The van der Waals surface area contributed by atoms with E-state index < -0.39 is 24.5 Å². The molecule has 0 saturated heterocycles. The van der Waals surface area contributed by atoms with Crippen molar-refractivity contribution < 1.29 is 28.3 Å². The zero-order chi connectivity index (χ0) is 25.2. The predicted octanol–water partition coefficient (Wildman–Crippen LogP) is 5.26.